The SMILES string of the molecule is Cc1cc(S(=O)(=O)N2CCCC(CN)C2)ccc1C#N.Cl. The van der Waals surface area contributed by atoms with Crippen molar-refractivity contribution in [1.29, 1.82) is 5.26 Å². The zero-order valence-electron chi connectivity index (χ0n) is 11.9. The Kier molecular flexibility index (Phi) is 6.17. The van der Waals surface area contributed by atoms with Crippen molar-refractivity contribution < 1.29 is 8.42 Å². The summed E-state index contributed by atoms with van der Waals surface area (Å²) in [4.78, 5) is 0.256. The van der Waals surface area contributed by atoms with Gasteiger partial charge >= 0.3 is 0 Å². The average Bonchev–Trinajstić information content (AvgIpc) is 2.47. The Morgan fingerprint density at radius 3 is 2.76 bits per heavy atom. The van der Waals surface area contributed by atoms with Gasteiger partial charge in [-0.1, -0.05) is 0 Å². The Labute approximate surface area is 132 Å². The van der Waals surface area contributed by atoms with Crippen molar-refractivity contribution in [3.63, 3.8) is 0 Å². The summed E-state index contributed by atoms with van der Waals surface area (Å²) in [7, 11) is -3.48. The summed E-state index contributed by atoms with van der Waals surface area (Å²) in [5.74, 6) is 0.234. The van der Waals surface area contributed by atoms with E-state index < -0.39 is 10.0 Å². The van der Waals surface area contributed by atoms with Gasteiger partial charge in [0.25, 0.3) is 0 Å². The van der Waals surface area contributed by atoms with Crippen molar-refractivity contribution in [2.45, 2.75) is 24.7 Å². The average molecular weight is 330 g/mol. The lowest BCUT2D eigenvalue weighted by atomic mass is 10.0. The molecule has 116 valence electrons. The van der Waals surface area contributed by atoms with Crippen molar-refractivity contribution in [2.75, 3.05) is 19.6 Å². The number of aryl methyl sites for hydroxylation is 1. The van der Waals surface area contributed by atoms with Gasteiger partial charge in [-0.2, -0.15) is 9.57 Å². The van der Waals surface area contributed by atoms with E-state index in [0.29, 0.717) is 30.8 Å². The number of sulfonamides is 1. The van der Waals surface area contributed by atoms with Crippen molar-refractivity contribution in [3.05, 3.63) is 29.3 Å². The second kappa shape index (κ2) is 7.23. The van der Waals surface area contributed by atoms with Gasteiger partial charge in [-0.15, -0.1) is 12.4 Å². The monoisotopic (exact) mass is 329 g/mol. The van der Waals surface area contributed by atoms with Crippen LogP contribution < -0.4 is 5.73 Å². The molecule has 0 bridgehead atoms. The Morgan fingerprint density at radius 2 is 2.19 bits per heavy atom. The molecular formula is C14H20ClN3O2S. The standard InChI is InChI=1S/C14H19N3O2S.ClH/c1-11-7-14(5-4-13(11)9-16)20(18,19)17-6-2-3-12(8-15)10-17;/h4-5,7,12H,2-3,6,8,10,15H2,1H3;1H. The maximum absolute atomic E-state index is 12.6. The molecule has 1 heterocycles. The van der Waals surface area contributed by atoms with E-state index in [4.69, 9.17) is 11.0 Å². The summed E-state index contributed by atoms with van der Waals surface area (Å²) < 4.78 is 26.7. The van der Waals surface area contributed by atoms with Gasteiger partial charge in [0.1, 0.15) is 0 Å². The van der Waals surface area contributed by atoms with E-state index in [1.165, 1.54) is 10.4 Å². The molecule has 1 aromatic rings. The van der Waals surface area contributed by atoms with Gasteiger partial charge in [0, 0.05) is 13.1 Å². The van der Waals surface area contributed by atoms with E-state index in [1.807, 2.05) is 6.07 Å². The predicted molar refractivity (Wildman–Crippen MR) is 83.7 cm³/mol. The van der Waals surface area contributed by atoms with Gasteiger partial charge < -0.3 is 5.73 Å². The fourth-order valence-electron chi connectivity index (χ4n) is 2.51. The van der Waals surface area contributed by atoms with Gasteiger partial charge in [0.2, 0.25) is 10.0 Å². The van der Waals surface area contributed by atoms with Crippen LogP contribution in [0.5, 0.6) is 0 Å². The molecule has 21 heavy (non-hydrogen) atoms. The second-order valence-electron chi connectivity index (χ2n) is 5.20. The highest BCUT2D eigenvalue weighted by molar-refractivity contribution is 7.89. The van der Waals surface area contributed by atoms with Crippen molar-refractivity contribution in [3.8, 4) is 6.07 Å². The molecule has 5 nitrogen and oxygen atoms in total. The lowest BCUT2D eigenvalue weighted by Crippen LogP contribution is -2.41. The fraction of sp³-hybridized carbons (Fsp3) is 0.500. The van der Waals surface area contributed by atoms with E-state index in [1.54, 1.807) is 19.1 Å². The Morgan fingerprint density at radius 1 is 1.48 bits per heavy atom. The van der Waals surface area contributed by atoms with Crippen molar-refractivity contribution in [2.24, 2.45) is 11.7 Å². The molecule has 1 aromatic carbocycles. The quantitative estimate of drug-likeness (QED) is 0.913. The largest absolute Gasteiger partial charge is 0.330 e. The summed E-state index contributed by atoms with van der Waals surface area (Å²) in [6.07, 6.45) is 1.82. The van der Waals surface area contributed by atoms with Crippen LogP contribution in [0.3, 0.4) is 0 Å². The number of benzene rings is 1. The van der Waals surface area contributed by atoms with E-state index in [2.05, 4.69) is 0 Å². The lowest BCUT2D eigenvalue weighted by Gasteiger charge is -2.31. The van der Waals surface area contributed by atoms with Gasteiger partial charge in [-0.25, -0.2) is 8.42 Å². The molecule has 1 saturated heterocycles. The summed E-state index contributed by atoms with van der Waals surface area (Å²) in [5.41, 5.74) is 6.84. The molecule has 0 spiro atoms. The zero-order valence-corrected chi connectivity index (χ0v) is 13.6. The first-order valence-electron chi connectivity index (χ1n) is 6.70. The topological polar surface area (TPSA) is 87.2 Å². The van der Waals surface area contributed by atoms with Crippen LogP contribution >= 0.6 is 12.4 Å². The number of halogens is 1. The number of nitrogens with zero attached hydrogens (tertiary/aromatic N) is 2. The number of nitrogens with two attached hydrogens (primary N) is 1. The highest BCUT2D eigenvalue weighted by Gasteiger charge is 2.29. The Balaban J connectivity index is 0.00000220. The third kappa shape index (κ3) is 3.74. The van der Waals surface area contributed by atoms with Crippen LogP contribution in [0.1, 0.15) is 24.0 Å². The van der Waals surface area contributed by atoms with Crippen LogP contribution in [-0.4, -0.2) is 32.4 Å². The summed E-state index contributed by atoms with van der Waals surface area (Å²) >= 11 is 0. The molecule has 1 fully saturated rings. The molecule has 2 N–H and O–H groups in total. The Bertz CT molecular complexity index is 640. The third-order valence-electron chi connectivity index (χ3n) is 3.77. The number of nitriles is 1. The van der Waals surface area contributed by atoms with Crippen LogP contribution in [0.15, 0.2) is 23.1 Å². The smallest absolute Gasteiger partial charge is 0.243 e. The zero-order chi connectivity index (χ0) is 14.8. The van der Waals surface area contributed by atoms with Crippen LogP contribution in [0.25, 0.3) is 0 Å². The molecular weight excluding hydrogens is 310 g/mol. The predicted octanol–water partition coefficient (Wildman–Crippen LogP) is 1.65. The Hall–Kier alpha value is -1.13. The van der Waals surface area contributed by atoms with E-state index in [0.717, 1.165) is 12.8 Å². The lowest BCUT2D eigenvalue weighted by molar-refractivity contribution is 0.271. The van der Waals surface area contributed by atoms with E-state index >= 15 is 0 Å². The van der Waals surface area contributed by atoms with Gasteiger partial charge in [-0.3, -0.25) is 0 Å². The van der Waals surface area contributed by atoms with Crippen LogP contribution in [0, 0.1) is 24.2 Å². The normalized spacial score (nSPS) is 19.6. The molecule has 1 aliphatic heterocycles. The van der Waals surface area contributed by atoms with Crippen molar-refractivity contribution in [1.82, 2.24) is 4.31 Å². The third-order valence-corrected chi connectivity index (χ3v) is 5.63. The number of rotatable bonds is 3. The van der Waals surface area contributed by atoms with Crippen LogP contribution in [0.4, 0.5) is 0 Å². The molecule has 2 rings (SSSR count). The molecule has 1 aliphatic rings. The number of hydrogen-bond donors (Lipinski definition) is 1. The number of piperidine rings is 1. The fourth-order valence-corrected chi connectivity index (χ4v) is 4.15. The summed E-state index contributed by atoms with van der Waals surface area (Å²) in [6.45, 7) is 3.28. The minimum atomic E-state index is -3.48. The number of hydrogen-bond acceptors (Lipinski definition) is 4. The molecule has 0 aliphatic carbocycles. The summed E-state index contributed by atoms with van der Waals surface area (Å²) in [6, 6.07) is 6.68. The molecule has 0 radical (unpaired) electrons. The second-order valence-corrected chi connectivity index (χ2v) is 7.13. The maximum Gasteiger partial charge on any atom is 0.243 e. The molecule has 0 saturated carbocycles. The van der Waals surface area contributed by atoms with E-state index in [-0.39, 0.29) is 23.2 Å². The van der Waals surface area contributed by atoms with E-state index in [9.17, 15) is 8.42 Å². The first kappa shape index (κ1) is 17.9. The molecule has 0 amide bonds. The van der Waals surface area contributed by atoms with Gasteiger partial charge in [0.15, 0.2) is 0 Å². The molecule has 7 heteroatoms. The summed E-state index contributed by atoms with van der Waals surface area (Å²) in [5, 5.41) is 8.90. The first-order valence-corrected chi connectivity index (χ1v) is 8.14. The maximum atomic E-state index is 12.6. The minimum absolute atomic E-state index is 0. The first-order chi connectivity index (χ1) is 9.48. The molecule has 1 unspecified atom stereocenters. The van der Waals surface area contributed by atoms with Crippen LogP contribution in [0.2, 0.25) is 0 Å². The minimum Gasteiger partial charge on any atom is -0.330 e. The van der Waals surface area contributed by atoms with Gasteiger partial charge in [-0.05, 0) is 56.0 Å². The molecule has 0 aromatic heterocycles. The van der Waals surface area contributed by atoms with Gasteiger partial charge in [0.05, 0.1) is 16.5 Å². The highest BCUT2D eigenvalue weighted by atomic mass is 35.5. The van der Waals surface area contributed by atoms with Crippen LogP contribution in [-0.2, 0) is 10.0 Å². The highest BCUT2D eigenvalue weighted by Crippen LogP contribution is 2.24. The van der Waals surface area contributed by atoms with Crippen molar-refractivity contribution >= 4 is 22.4 Å². The molecule has 1 atom stereocenters.